The van der Waals surface area contributed by atoms with E-state index in [1.807, 2.05) is 26.0 Å². The average molecular weight is 292 g/mol. The maximum atomic E-state index is 11.3. The number of rotatable bonds is 2. The SMILES string of the molecule is Cc1cc(=O)cc(C)n1Cc1ccc(Br)cc1. The molecule has 0 aliphatic rings. The number of benzene rings is 1. The summed E-state index contributed by atoms with van der Waals surface area (Å²) in [4.78, 5) is 11.3. The van der Waals surface area contributed by atoms with Crippen molar-refractivity contribution in [1.29, 1.82) is 0 Å². The van der Waals surface area contributed by atoms with E-state index in [-0.39, 0.29) is 5.43 Å². The van der Waals surface area contributed by atoms with Crippen LogP contribution in [0.3, 0.4) is 0 Å². The van der Waals surface area contributed by atoms with Crippen LogP contribution < -0.4 is 5.43 Å². The lowest BCUT2D eigenvalue weighted by Crippen LogP contribution is -2.13. The summed E-state index contributed by atoms with van der Waals surface area (Å²) in [5.74, 6) is 0. The first-order valence-electron chi connectivity index (χ1n) is 5.49. The van der Waals surface area contributed by atoms with Crippen LogP contribution in [0.25, 0.3) is 0 Å². The number of hydrogen-bond donors (Lipinski definition) is 0. The molecule has 1 heterocycles. The minimum atomic E-state index is 0.0760. The van der Waals surface area contributed by atoms with E-state index in [2.05, 4.69) is 32.6 Å². The molecule has 0 radical (unpaired) electrons. The van der Waals surface area contributed by atoms with Gasteiger partial charge in [-0.3, -0.25) is 4.79 Å². The van der Waals surface area contributed by atoms with Crippen molar-refractivity contribution in [1.82, 2.24) is 4.57 Å². The highest BCUT2D eigenvalue weighted by Crippen LogP contribution is 2.13. The minimum absolute atomic E-state index is 0.0760. The lowest BCUT2D eigenvalue weighted by Gasteiger charge is -2.14. The molecule has 2 nitrogen and oxygen atoms in total. The molecule has 0 spiro atoms. The first-order valence-corrected chi connectivity index (χ1v) is 6.28. The Morgan fingerprint density at radius 1 is 1.06 bits per heavy atom. The zero-order chi connectivity index (χ0) is 12.4. The average Bonchev–Trinajstić information content (AvgIpc) is 2.26. The molecule has 0 saturated carbocycles. The van der Waals surface area contributed by atoms with Gasteiger partial charge < -0.3 is 4.57 Å². The fourth-order valence-electron chi connectivity index (χ4n) is 1.91. The molecule has 0 atom stereocenters. The predicted octanol–water partition coefficient (Wildman–Crippen LogP) is 3.28. The smallest absolute Gasteiger partial charge is 0.182 e. The van der Waals surface area contributed by atoms with E-state index in [1.54, 1.807) is 12.1 Å². The molecule has 1 aromatic heterocycles. The Morgan fingerprint density at radius 3 is 2.12 bits per heavy atom. The van der Waals surface area contributed by atoms with E-state index in [0.717, 1.165) is 22.4 Å². The van der Waals surface area contributed by atoms with E-state index >= 15 is 0 Å². The minimum Gasteiger partial charge on any atom is -0.345 e. The van der Waals surface area contributed by atoms with Crippen LogP contribution in [0.5, 0.6) is 0 Å². The molecule has 0 saturated heterocycles. The molecule has 0 amide bonds. The topological polar surface area (TPSA) is 22.0 Å². The molecule has 0 fully saturated rings. The molecule has 2 rings (SSSR count). The van der Waals surface area contributed by atoms with Crippen molar-refractivity contribution >= 4 is 15.9 Å². The summed E-state index contributed by atoms with van der Waals surface area (Å²) in [7, 11) is 0. The van der Waals surface area contributed by atoms with Crippen LogP contribution in [-0.2, 0) is 6.54 Å². The Bertz CT molecular complexity index is 558. The Balaban J connectivity index is 2.36. The molecule has 2 aromatic rings. The number of nitrogens with zero attached hydrogens (tertiary/aromatic N) is 1. The van der Waals surface area contributed by atoms with Crippen molar-refractivity contribution in [2.24, 2.45) is 0 Å². The first-order chi connectivity index (χ1) is 8.06. The molecule has 0 aliphatic carbocycles. The number of aromatic nitrogens is 1. The third-order valence-corrected chi connectivity index (χ3v) is 3.34. The van der Waals surface area contributed by atoms with Crippen LogP contribution in [0.1, 0.15) is 17.0 Å². The summed E-state index contributed by atoms with van der Waals surface area (Å²) in [5.41, 5.74) is 3.30. The summed E-state index contributed by atoms with van der Waals surface area (Å²) < 4.78 is 3.22. The molecule has 0 bridgehead atoms. The second-order valence-corrected chi connectivity index (χ2v) is 5.10. The van der Waals surface area contributed by atoms with Crippen LogP contribution >= 0.6 is 15.9 Å². The molecular formula is C14H14BrNO. The Kier molecular flexibility index (Phi) is 3.48. The first kappa shape index (κ1) is 12.1. The van der Waals surface area contributed by atoms with Crippen molar-refractivity contribution in [3.8, 4) is 0 Å². The molecule has 0 aliphatic heterocycles. The van der Waals surface area contributed by atoms with Crippen molar-refractivity contribution < 1.29 is 0 Å². The van der Waals surface area contributed by atoms with Gasteiger partial charge in [0.05, 0.1) is 0 Å². The molecule has 3 heteroatoms. The van der Waals surface area contributed by atoms with Crippen LogP contribution in [0.2, 0.25) is 0 Å². The van der Waals surface area contributed by atoms with Gasteiger partial charge in [0, 0.05) is 34.5 Å². The summed E-state index contributed by atoms with van der Waals surface area (Å²) in [5, 5.41) is 0. The summed E-state index contributed by atoms with van der Waals surface area (Å²) in [6.07, 6.45) is 0. The normalized spacial score (nSPS) is 10.5. The second-order valence-electron chi connectivity index (χ2n) is 4.19. The van der Waals surface area contributed by atoms with Gasteiger partial charge in [-0.1, -0.05) is 28.1 Å². The standard InChI is InChI=1S/C14H14BrNO/c1-10-7-14(17)8-11(2)16(10)9-12-3-5-13(15)6-4-12/h3-8H,9H2,1-2H3. The van der Waals surface area contributed by atoms with Crippen molar-refractivity contribution in [2.75, 3.05) is 0 Å². The van der Waals surface area contributed by atoms with Crippen LogP contribution in [0.4, 0.5) is 0 Å². The largest absolute Gasteiger partial charge is 0.345 e. The van der Waals surface area contributed by atoms with E-state index in [9.17, 15) is 4.79 Å². The monoisotopic (exact) mass is 291 g/mol. The number of pyridine rings is 1. The van der Waals surface area contributed by atoms with Crippen molar-refractivity contribution in [3.63, 3.8) is 0 Å². The third-order valence-electron chi connectivity index (χ3n) is 2.81. The highest BCUT2D eigenvalue weighted by molar-refractivity contribution is 9.10. The van der Waals surface area contributed by atoms with Crippen molar-refractivity contribution in [3.05, 3.63) is 68.0 Å². The highest BCUT2D eigenvalue weighted by Gasteiger charge is 2.02. The fraction of sp³-hybridized carbons (Fsp3) is 0.214. The summed E-state index contributed by atoms with van der Waals surface area (Å²) >= 11 is 3.42. The van der Waals surface area contributed by atoms with E-state index in [0.29, 0.717) is 0 Å². The molecule has 1 aromatic carbocycles. The zero-order valence-corrected chi connectivity index (χ0v) is 11.5. The Hall–Kier alpha value is -1.35. The fourth-order valence-corrected chi connectivity index (χ4v) is 2.17. The Labute approximate surface area is 109 Å². The summed E-state index contributed by atoms with van der Waals surface area (Å²) in [6.45, 7) is 4.73. The quantitative estimate of drug-likeness (QED) is 0.832. The maximum absolute atomic E-state index is 11.3. The Morgan fingerprint density at radius 2 is 1.59 bits per heavy atom. The van der Waals surface area contributed by atoms with Gasteiger partial charge in [-0.25, -0.2) is 0 Å². The van der Waals surface area contributed by atoms with E-state index < -0.39 is 0 Å². The van der Waals surface area contributed by atoms with E-state index in [4.69, 9.17) is 0 Å². The van der Waals surface area contributed by atoms with Gasteiger partial charge in [0.15, 0.2) is 5.43 Å². The van der Waals surface area contributed by atoms with E-state index in [1.165, 1.54) is 5.56 Å². The second kappa shape index (κ2) is 4.88. The van der Waals surface area contributed by atoms with Gasteiger partial charge in [0.25, 0.3) is 0 Å². The number of hydrogen-bond acceptors (Lipinski definition) is 1. The zero-order valence-electron chi connectivity index (χ0n) is 9.90. The number of halogens is 1. The molecule has 0 unspecified atom stereocenters. The lowest BCUT2D eigenvalue weighted by molar-refractivity contribution is 0.728. The lowest BCUT2D eigenvalue weighted by atomic mass is 10.2. The highest BCUT2D eigenvalue weighted by atomic mass is 79.9. The van der Waals surface area contributed by atoms with Crippen LogP contribution in [0, 0.1) is 13.8 Å². The van der Waals surface area contributed by atoms with Gasteiger partial charge in [0.2, 0.25) is 0 Å². The van der Waals surface area contributed by atoms with Gasteiger partial charge in [-0.15, -0.1) is 0 Å². The van der Waals surface area contributed by atoms with Gasteiger partial charge in [-0.05, 0) is 31.5 Å². The van der Waals surface area contributed by atoms with Gasteiger partial charge >= 0.3 is 0 Å². The van der Waals surface area contributed by atoms with Gasteiger partial charge in [0.1, 0.15) is 0 Å². The summed E-state index contributed by atoms with van der Waals surface area (Å²) in [6, 6.07) is 11.6. The molecule has 88 valence electrons. The molecule has 0 N–H and O–H groups in total. The van der Waals surface area contributed by atoms with Crippen LogP contribution in [0.15, 0.2) is 45.7 Å². The van der Waals surface area contributed by atoms with Crippen LogP contribution in [-0.4, -0.2) is 4.57 Å². The molecule has 17 heavy (non-hydrogen) atoms. The van der Waals surface area contributed by atoms with Gasteiger partial charge in [-0.2, -0.15) is 0 Å². The number of aryl methyl sites for hydroxylation is 2. The maximum Gasteiger partial charge on any atom is 0.182 e. The predicted molar refractivity (Wildman–Crippen MR) is 73.4 cm³/mol. The molecular weight excluding hydrogens is 278 g/mol. The van der Waals surface area contributed by atoms with Crippen molar-refractivity contribution in [2.45, 2.75) is 20.4 Å². The third kappa shape index (κ3) is 2.86.